The Kier molecular flexibility index (Phi) is 10.7. The van der Waals surface area contributed by atoms with E-state index >= 15 is 0 Å². The van der Waals surface area contributed by atoms with E-state index in [1.165, 1.54) is 12.8 Å². The molecule has 1 saturated heterocycles. The van der Waals surface area contributed by atoms with E-state index < -0.39 is 0 Å². The molecule has 0 aromatic heterocycles. The van der Waals surface area contributed by atoms with Gasteiger partial charge >= 0.3 is 0 Å². The van der Waals surface area contributed by atoms with E-state index in [0.29, 0.717) is 18.7 Å². The summed E-state index contributed by atoms with van der Waals surface area (Å²) >= 11 is 0. The number of carbonyl (C=O) groups excluding carboxylic acids is 1. The molecule has 1 aliphatic heterocycles. The lowest BCUT2D eigenvalue weighted by atomic mass is 9.97. The van der Waals surface area contributed by atoms with Crippen molar-refractivity contribution in [2.75, 3.05) is 26.2 Å². The van der Waals surface area contributed by atoms with E-state index in [4.69, 9.17) is 4.99 Å². The molecular weight excluding hydrogens is 451 g/mol. The smallest absolute Gasteiger partial charge is 0.251 e. The highest BCUT2D eigenvalue weighted by atomic mass is 127. The van der Waals surface area contributed by atoms with Gasteiger partial charge in [-0.3, -0.25) is 4.79 Å². The van der Waals surface area contributed by atoms with Crippen LogP contribution in [0.1, 0.15) is 56.5 Å². The van der Waals surface area contributed by atoms with Gasteiger partial charge in [-0.1, -0.05) is 26.0 Å². The summed E-state index contributed by atoms with van der Waals surface area (Å²) in [6.45, 7) is 12.9. The Morgan fingerprint density at radius 3 is 2.67 bits per heavy atom. The summed E-state index contributed by atoms with van der Waals surface area (Å²) in [5.74, 6) is 2.47. The quantitative estimate of drug-likeness (QED) is 0.350. The average Bonchev–Trinajstić information content (AvgIpc) is 3.06. The van der Waals surface area contributed by atoms with Gasteiger partial charge in [0.05, 0.1) is 6.54 Å². The minimum atomic E-state index is -0.0266. The van der Waals surface area contributed by atoms with Crippen molar-refractivity contribution in [3.8, 4) is 0 Å². The first-order chi connectivity index (χ1) is 12.5. The third-order valence-corrected chi connectivity index (χ3v) is 4.66. The van der Waals surface area contributed by atoms with Crippen molar-refractivity contribution in [2.24, 2.45) is 16.8 Å². The molecule has 152 valence electrons. The number of aliphatic imine (C=N–C) groups is 1. The Morgan fingerprint density at radius 2 is 2.00 bits per heavy atom. The van der Waals surface area contributed by atoms with Crippen LogP contribution >= 0.6 is 24.0 Å². The predicted octanol–water partition coefficient (Wildman–Crippen LogP) is 3.89. The van der Waals surface area contributed by atoms with Gasteiger partial charge in [0, 0.05) is 31.7 Å². The number of benzene rings is 1. The summed E-state index contributed by atoms with van der Waals surface area (Å²) in [7, 11) is 0. The van der Waals surface area contributed by atoms with Crippen LogP contribution < -0.4 is 10.6 Å². The number of halogens is 1. The van der Waals surface area contributed by atoms with Crippen LogP contribution in [-0.4, -0.2) is 42.9 Å². The summed E-state index contributed by atoms with van der Waals surface area (Å²) in [5.41, 5.74) is 1.75. The Labute approximate surface area is 181 Å². The van der Waals surface area contributed by atoms with Crippen LogP contribution in [0.3, 0.4) is 0 Å². The van der Waals surface area contributed by atoms with Crippen LogP contribution in [-0.2, 0) is 6.54 Å². The van der Waals surface area contributed by atoms with E-state index in [2.05, 4.69) is 36.3 Å². The van der Waals surface area contributed by atoms with Crippen LogP contribution in [0.15, 0.2) is 29.3 Å². The first-order valence-corrected chi connectivity index (χ1v) is 9.93. The minimum absolute atomic E-state index is 0. The molecule has 1 aromatic carbocycles. The van der Waals surface area contributed by atoms with Crippen molar-refractivity contribution in [1.29, 1.82) is 0 Å². The molecule has 2 rings (SSSR count). The highest BCUT2D eigenvalue weighted by Gasteiger charge is 2.25. The topological polar surface area (TPSA) is 56.7 Å². The van der Waals surface area contributed by atoms with Gasteiger partial charge < -0.3 is 15.5 Å². The van der Waals surface area contributed by atoms with Crippen molar-refractivity contribution in [3.63, 3.8) is 0 Å². The van der Waals surface area contributed by atoms with Gasteiger partial charge in [-0.2, -0.15) is 0 Å². The first-order valence-electron chi connectivity index (χ1n) is 9.93. The number of carbonyl (C=O) groups is 1. The maximum absolute atomic E-state index is 12.0. The molecule has 5 nitrogen and oxygen atoms in total. The van der Waals surface area contributed by atoms with Crippen LogP contribution in [0.2, 0.25) is 0 Å². The van der Waals surface area contributed by atoms with Gasteiger partial charge in [-0.05, 0) is 56.2 Å². The van der Waals surface area contributed by atoms with Crippen molar-refractivity contribution in [1.82, 2.24) is 15.5 Å². The lowest BCUT2D eigenvalue weighted by molar-refractivity contribution is 0.0955. The monoisotopic (exact) mass is 486 g/mol. The summed E-state index contributed by atoms with van der Waals surface area (Å²) < 4.78 is 0. The zero-order valence-corrected chi connectivity index (χ0v) is 19.5. The molecule has 1 heterocycles. The van der Waals surface area contributed by atoms with Crippen molar-refractivity contribution in [3.05, 3.63) is 35.4 Å². The molecule has 0 radical (unpaired) electrons. The highest BCUT2D eigenvalue weighted by Crippen LogP contribution is 2.23. The maximum Gasteiger partial charge on any atom is 0.251 e. The summed E-state index contributed by atoms with van der Waals surface area (Å²) in [6.07, 6.45) is 2.53. The van der Waals surface area contributed by atoms with Gasteiger partial charge in [0.2, 0.25) is 0 Å². The third kappa shape index (κ3) is 7.68. The number of likely N-dealkylation sites (tertiary alicyclic amines) is 1. The van der Waals surface area contributed by atoms with Gasteiger partial charge in [-0.15, -0.1) is 24.0 Å². The molecule has 2 N–H and O–H groups in total. The predicted molar refractivity (Wildman–Crippen MR) is 124 cm³/mol. The van der Waals surface area contributed by atoms with Crippen LogP contribution in [0, 0.1) is 11.8 Å². The highest BCUT2D eigenvalue weighted by molar-refractivity contribution is 14.0. The van der Waals surface area contributed by atoms with E-state index in [1.807, 2.05) is 31.2 Å². The number of rotatable bonds is 7. The second-order valence-electron chi connectivity index (χ2n) is 7.46. The molecule has 1 unspecified atom stereocenters. The van der Waals surface area contributed by atoms with Crippen molar-refractivity contribution in [2.45, 2.75) is 47.1 Å². The van der Waals surface area contributed by atoms with Gasteiger partial charge in [-0.25, -0.2) is 4.99 Å². The summed E-state index contributed by atoms with van der Waals surface area (Å²) in [4.78, 5) is 19.2. The van der Waals surface area contributed by atoms with Gasteiger partial charge in [0.25, 0.3) is 5.91 Å². The molecule has 1 aliphatic rings. The van der Waals surface area contributed by atoms with E-state index in [1.54, 1.807) is 0 Å². The van der Waals surface area contributed by atoms with Crippen LogP contribution in [0.4, 0.5) is 0 Å². The fraction of sp³-hybridized carbons (Fsp3) is 0.619. The molecule has 27 heavy (non-hydrogen) atoms. The van der Waals surface area contributed by atoms with E-state index in [9.17, 15) is 4.79 Å². The van der Waals surface area contributed by atoms with Gasteiger partial charge in [0.15, 0.2) is 5.96 Å². The molecule has 0 aliphatic carbocycles. The Hall–Kier alpha value is -1.31. The molecule has 6 heteroatoms. The number of hydrogen-bond acceptors (Lipinski definition) is 2. The molecule has 1 fully saturated rings. The van der Waals surface area contributed by atoms with Crippen LogP contribution in [0.5, 0.6) is 0 Å². The molecule has 0 bridgehead atoms. The maximum atomic E-state index is 12.0. The minimum Gasteiger partial charge on any atom is -0.357 e. The summed E-state index contributed by atoms with van der Waals surface area (Å²) in [5, 5.41) is 6.27. The van der Waals surface area contributed by atoms with Crippen LogP contribution in [0.25, 0.3) is 0 Å². The molecular formula is C21H35IN4O. The first kappa shape index (κ1) is 23.7. The molecule has 0 saturated carbocycles. The number of hydrogen-bond donors (Lipinski definition) is 2. The Morgan fingerprint density at radius 1 is 1.26 bits per heavy atom. The van der Waals surface area contributed by atoms with E-state index in [0.717, 1.165) is 43.0 Å². The zero-order chi connectivity index (χ0) is 18.9. The Balaban J connectivity index is 0.00000364. The largest absolute Gasteiger partial charge is 0.357 e. The fourth-order valence-electron chi connectivity index (χ4n) is 3.55. The number of guanidine groups is 1. The third-order valence-electron chi connectivity index (χ3n) is 4.66. The van der Waals surface area contributed by atoms with E-state index in [-0.39, 0.29) is 29.9 Å². The second kappa shape index (κ2) is 12.2. The molecule has 1 atom stereocenters. The lowest BCUT2D eigenvalue weighted by Crippen LogP contribution is -2.40. The fourth-order valence-corrected chi connectivity index (χ4v) is 3.55. The van der Waals surface area contributed by atoms with Crippen molar-refractivity contribution < 1.29 is 4.79 Å². The van der Waals surface area contributed by atoms with Crippen molar-refractivity contribution >= 4 is 35.8 Å². The number of nitrogens with zero attached hydrogens (tertiary/aromatic N) is 2. The normalized spacial score (nSPS) is 17.0. The second-order valence-corrected chi connectivity index (χ2v) is 7.46. The molecule has 1 aromatic rings. The van der Waals surface area contributed by atoms with Gasteiger partial charge in [0.1, 0.15) is 0 Å². The number of nitrogens with one attached hydrogen (secondary N) is 2. The lowest BCUT2D eigenvalue weighted by Gasteiger charge is -2.22. The standard InChI is InChI=1S/C21H34N4O.HI/c1-5-22-20(26)19-9-7-8-17(13-19)14-24-21(23-6-2)25-11-10-18(15-25)12-16(3)4;/h7-9,13,16,18H,5-6,10-12,14-15H2,1-4H3,(H,22,26)(H,23,24);1H. The number of amides is 1. The Bertz CT molecular complexity index is 618. The summed E-state index contributed by atoms with van der Waals surface area (Å²) in [6, 6.07) is 7.74. The average molecular weight is 486 g/mol. The molecule has 0 spiro atoms. The SMILES string of the molecule is CCNC(=O)c1cccc(CN=C(NCC)N2CCC(CC(C)C)C2)c1.I. The zero-order valence-electron chi connectivity index (χ0n) is 17.1. The molecule has 1 amide bonds.